The van der Waals surface area contributed by atoms with Gasteiger partial charge < -0.3 is 0 Å². The summed E-state index contributed by atoms with van der Waals surface area (Å²) >= 11 is 0. The molecule has 0 aliphatic carbocycles. The van der Waals surface area contributed by atoms with Crippen LogP contribution in [0.4, 0.5) is 0 Å². The predicted molar refractivity (Wildman–Crippen MR) is 74.8 cm³/mol. The van der Waals surface area contributed by atoms with E-state index in [9.17, 15) is 0 Å². The molecular formula is C16H10IrN3-. The van der Waals surface area contributed by atoms with Crippen molar-refractivity contribution in [1.29, 1.82) is 0 Å². The fourth-order valence-electron chi connectivity index (χ4n) is 2.42. The third kappa shape index (κ3) is 1.94. The molecule has 0 fully saturated rings. The fraction of sp³-hybridized carbons (Fsp3) is 0. The number of pyridine rings is 1. The molecule has 4 rings (SSSR count). The Balaban J connectivity index is 0.00000121. The minimum Gasteiger partial charge on any atom is -0.264 e. The maximum atomic E-state index is 4.30. The molecule has 0 unspecified atom stereocenters. The maximum Gasteiger partial charge on any atom is 0.127 e. The van der Waals surface area contributed by atoms with Crippen LogP contribution in [0.1, 0.15) is 0 Å². The van der Waals surface area contributed by atoms with Crippen LogP contribution in [-0.2, 0) is 20.1 Å². The summed E-state index contributed by atoms with van der Waals surface area (Å²) in [4.78, 5) is 4.30. The van der Waals surface area contributed by atoms with Gasteiger partial charge in [0.2, 0.25) is 0 Å². The quantitative estimate of drug-likeness (QED) is 0.429. The molecule has 0 spiro atoms. The van der Waals surface area contributed by atoms with Crippen LogP contribution in [0.15, 0.2) is 61.1 Å². The van der Waals surface area contributed by atoms with Crippen molar-refractivity contribution >= 4 is 16.4 Å². The van der Waals surface area contributed by atoms with Crippen molar-refractivity contribution in [2.24, 2.45) is 0 Å². The van der Waals surface area contributed by atoms with Gasteiger partial charge in [0.25, 0.3) is 0 Å². The van der Waals surface area contributed by atoms with Crippen LogP contribution in [0.25, 0.3) is 27.5 Å². The molecule has 4 heteroatoms. The summed E-state index contributed by atoms with van der Waals surface area (Å²) in [6.45, 7) is 0. The van der Waals surface area contributed by atoms with E-state index in [1.807, 2.05) is 30.5 Å². The van der Waals surface area contributed by atoms with E-state index in [1.54, 1.807) is 10.8 Å². The molecule has 0 aliphatic rings. The van der Waals surface area contributed by atoms with E-state index in [0.717, 1.165) is 16.4 Å². The van der Waals surface area contributed by atoms with Crippen molar-refractivity contribution in [3.05, 3.63) is 67.1 Å². The van der Waals surface area contributed by atoms with Crippen LogP contribution in [0.5, 0.6) is 0 Å². The minimum atomic E-state index is 0. The molecule has 3 nitrogen and oxygen atoms in total. The first-order valence-electron chi connectivity index (χ1n) is 6.12. The van der Waals surface area contributed by atoms with E-state index in [1.165, 1.54) is 11.1 Å². The van der Waals surface area contributed by atoms with Gasteiger partial charge in [-0.2, -0.15) is 5.10 Å². The summed E-state index contributed by atoms with van der Waals surface area (Å²) in [7, 11) is 0. The molecular weight excluding hydrogens is 426 g/mol. The van der Waals surface area contributed by atoms with E-state index in [4.69, 9.17) is 0 Å². The number of benzene rings is 2. The molecule has 4 aromatic rings. The molecule has 2 aromatic carbocycles. The molecule has 1 radical (unpaired) electrons. The molecule has 0 N–H and O–H groups in total. The Labute approximate surface area is 129 Å². The van der Waals surface area contributed by atoms with Crippen LogP contribution >= 0.6 is 0 Å². The van der Waals surface area contributed by atoms with Crippen LogP contribution in [0.3, 0.4) is 0 Å². The number of nitrogens with zero attached hydrogens (tertiary/aromatic N) is 3. The average Bonchev–Trinajstić information content (AvgIpc) is 2.96. The topological polar surface area (TPSA) is 30.2 Å². The Bertz CT molecular complexity index is 869. The van der Waals surface area contributed by atoms with Crippen LogP contribution in [0.2, 0.25) is 0 Å². The SMILES string of the molecule is [Ir].[c-]1ccc(-c2ccccc2)c2ccn3ncnc3c12. The fourth-order valence-corrected chi connectivity index (χ4v) is 2.42. The first kappa shape index (κ1) is 13.0. The normalized spacial score (nSPS) is 10.6. The smallest absolute Gasteiger partial charge is 0.127 e. The Hall–Kier alpha value is -2.03. The maximum absolute atomic E-state index is 4.30. The molecule has 0 bridgehead atoms. The summed E-state index contributed by atoms with van der Waals surface area (Å²) in [5.74, 6) is 0. The summed E-state index contributed by atoms with van der Waals surface area (Å²) in [6.07, 6.45) is 3.50. The molecule has 0 atom stereocenters. The number of hydrogen-bond donors (Lipinski definition) is 0. The first-order valence-corrected chi connectivity index (χ1v) is 6.12. The number of hydrogen-bond acceptors (Lipinski definition) is 2. The Kier molecular flexibility index (Phi) is 3.35. The number of fused-ring (bicyclic) bond motifs is 3. The van der Waals surface area contributed by atoms with Crippen molar-refractivity contribution < 1.29 is 20.1 Å². The molecule has 0 saturated carbocycles. The monoisotopic (exact) mass is 437 g/mol. The Morgan fingerprint density at radius 1 is 1.00 bits per heavy atom. The Morgan fingerprint density at radius 3 is 2.70 bits per heavy atom. The van der Waals surface area contributed by atoms with Gasteiger partial charge in [-0.15, -0.1) is 18.2 Å². The second kappa shape index (κ2) is 5.16. The summed E-state index contributed by atoms with van der Waals surface area (Å²) < 4.78 is 1.77. The van der Waals surface area contributed by atoms with Gasteiger partial charge in [-0.05, 0) is 5.56 Å². The van der Waals surface area contributed by atoms with Crippen molar-refractivity contribution in [3.63, 3.8) is 0 Å². The predicted octanol–water partition coefficient (Wildman–Crippen LogP) is 3.35. The van der Waals surface area contributed by atoms with E-state index in [0.29, 0.717) is 0 Å². The van der Waals surface area contributed by atoms with E-state index >= 15 is 0 Å². The molecule has 2 heterocycles. The van der Waals surface area contributed by atoms with Crippen molar-refractivity contribution in [2.45, 2.75) is 0 Å². The number of rotatable bonds is 1. The van der Waals surface area contributed by atoms with Crippen LogP contribution in [-0.4, -0.2) is 14.6 Å². The molecule has 99 valence electrons. The van der Waals surface area contributed by atoms with Gasteiger partial charge in [0.15, 0.2) is 0 Å². The number of aromatic nitrogens is 3. The van der Waals surface area contributed by atoms with Crippen LogP contribution < -0.4 is 0 Å². The largest absolute Gasteiger partial charge is 0.264 e. The molecule has 0 saturated heterocycles. The van der Waals surface area contributed by atoms with E-state index in [-0.39, 0.29) is 20.1 Å². The zero-order chi connectivity index (χ0) is 12.7. The molecule has 2 aromatic heterocycles. The van der Waals surface area contributed by atoms with Crippen molar-refractivity contribution in [1.82, 2.24) is 14.6 Å². The summed E-state index contributed by atoms with van der Waals surface area (Å²) in [6, 6.07) is 19.7. The molecule has 0 aliphatic heterocycles. The zero-order valence-corrected chi connectivity index (χ0v) is 12.8. The van der Waals surface area contributed by atoms with Gasteiger partial charge in [0.05, 0.1) is 5.65 Å². The van der Waals surface area contributed by atoms with Crippen LogP contribution in [0, 0.1) is 6.07 Å². The van der Waals surface area contributed by atoms with E-state index < -0.39 is 0 Å². The third-order valence-electron chi connectivity index (χ3n) is 3.30. The van der Waals surface area contributed by atoms with Gasteiger partial charge in [-0.25, -0.2) is 0 Å². The average molecular weight is 436 g/mol. The molecule has 20 heavy (non-hydrogen) atoms. The molecule has 0 amide bonds. The van der Waals surface area contributed by atoms with Gasteiger partial charge in [-0.1, -0.05) is 52.7 Å². The second-order valence-corrected chi connectivity index (χ2v) is 4.39. The van der Waals surface area contributed by atoms with Gasteiger partial charge >= 0.3 is 0 Å². The summed E-state index contributed by atoms with van der Waals surface area (Å²) in [5.41, 5.74) is 3.24. The Morgan fingerprint density at radius 2 is 1.85 bits per heavy atom. The van der Waals surface area contributed by atoms with Crippen molar-refractivity contribution in [2.75, 3.05) is 0 Å². The summed E-state index contributed by atoms with van der Waals surface area (Å²) in [5, 5.41) is 6.31. The first-order chi connectivity index (χ1) is 9.43. The van der Waals surface area contributed by atoms with Gasteiger partial charge in [0, 0.05) is 26.3 Å². The zero-order valence-electron chi connectivity index (χ0n) is 10.4. The third-order valence-corrected chi connectivity index (χ3v) is 3.30. The van der Waals surface area contributed by atoms with Crippen molar-refractivity contribution in [3.8, 4) is 11.1 Å². The standard InChI is InChI=1S/C16H10N3.Ir/c1-2-5-12(6-3-1)13-7-4-8-15-14(13)9-10-19-16(15)17-11-18-19;/h1-7,9-11H;/q-1;. The minimum absolute atomic E-state index is 0. The van der Waals surface area contributed by atoms with Gasteiger partial charge in [0.1, 0.15) is 6.33 Å². The van der Waals surface area contributed by atoms with Gasteiger partial charge in [-0.3, -0.25) is 9.50 Å². The van der Waals surface area contributed by atoms with E-state index in [2.05, 4.69) is 40.4 Å². The second-order valence-electron chi connectivity index (χ2n) is 4.39.